The molecule has 0 radical (unpaired) electrons. The summed E-state index contributed by atoms with van der Waals surface area (Å²) in [6, 6.07) is 1.23. The number of anilines is 2. The van der Waals surface area contributed by atoms with Gasteiger partial charge in [0.25, 0.3) is 5.91 Å². The van der Waals surface area contributed by atoms with E-state index in [0.717, 1.165) is 10.5 Å². The Morgan fingerprint density at radius 3 is 2.76 bits per heavy atom. The molecule has 0 saturated carbocycles. The number of rotatable bonds is 2. The second kappa shape index (κ2) is 4.04. The summed E-state index contributed by atoms with van der Waals surface area (Å²) in [6.07, 6.45) is 1.70. The fourth-order valence-electron chi connectivity index (χ4n) is 1.69. The Morgan fingerprint density at radius 1 is 1.53 bits per heavy atom. The summed E-state index contributed by atoms with van der Waals surface area (Å²) in [6.45, 7) is 1.86. The fraction of sp³-hybridized carbons (Fsp3) is 0.364. The van der Waals surface area contributed by atoms with E-state index in [1.165, 1.54) is 13.2 Å². The summed E-state index contributed by atoms with van der Waals surface area (Å²) in [7, 11) is 1.48. The number of carbonyl (C=O) groups is 2. The van der Waals surface area contributed by atoms with E-state index in [4.69, 9.17) is 5.73 Å². The van der Waals surface area contributed by atoms with Crippen LogP contribution in [-0.4, -0.2) is 34.8 Å². The number of pyridine rings is 1. The zero-order valence-electron chi connectivity index (χ0n) is 9.73. The highest BCUT2D eigenvalue weighted by Gasteiger charge is 2.36. The maximum atomic E-state index is 11.7. The Bertz CT molecular complexity index is 486. The van der Waals surface area contributed by atoms with Crippen LogP contribution in [-0.2, 0) is 9.59 Å². The number of carbonyl (C=O) groups excluding carboxylic acids is 2. The predicted molar refractivity (Wildman–Crippen MR) is 63.2 cm³/mol. The summed E-state index contributed by atoms with van der Waals surface area (Å²) in [5, 5.41) is 2.94. The standard InChI is InChI=1S/C11H14N4O2/c1-6-3-9(13-5-7(6)12)14-8-4-10(16)15(2)11(8)17/h3,5,8H,4,12H2,1-2H3,(H,13,14). The Kier molecular flexibility index (Phi) is 2.71. The molecule has 2 rings (SSSR count). The number of likely N-dealkylation sites (N-methyl/N-ethyl adjacent to an activating group) is 1. The summed E-state index contributed by atoms with van der Waals surface area (Å²) in [4.78, 5) is 28.2. The molecule has 2 amide bonds. The molecule has 0 spiro atoms. The molecule has 17 heavy (non-hydrogen) atoms. The van der Waals surface area contributed by atoms with Gasteiger partial charge in [-0.3, -0.25) is 14.5 Å². The number of nitrogens with one attached hydrogen (secondary N) is 1. The van der Waals surface area contributed by atoms with Crippen LogP contribution in [0.3, 0.4) is 0 Å². The van der Waals surface area contributed by atoms with Crippen LogP contribution < -0.4 is 11.1 Å². The molecule has 90 valence electrons. The van der Waals surface area contributed by atoms with Gasteiger partial charge in [-0.25, -0.2) is 4.98 Å². The van der Waals surface area contributed by atoms with Crippen LogP contribution >= 0.6 is 0 Å². The summed E-state index contributed by atoms with van der Waals surface area (Å²) < 4.78 is 0. The van der Waals surface area contributed by atoms with Crippen molar-refractivity contribution in [3.05, 3.63) is 17.8 Å². The van der Waals surface area contributed by atoms with Crippen molar-refractivity contribution >= 4 is 23.3 Å². The molecule has 0 aliphatic carbocycles. The Morgan fingerprint density at radius 2 is 2.24 bits per heavy atom. The van der Waals surface area contributed by atoms with Crippen molar-refractivity contribution in [3.8, 4) is 0 Å². The molecule has 1 aliphatic rings. The normalized spacial score (nSPS) is 19.9. The minimum absolute atomic E-state index is 0.167. The Hall–Kier alpha value is -2.11. The molecule has 6 nitrogen and oxygen atoms in total. The first-order valence-corrected chi connectivity index (χ1v) is 5.28. The highest BCUT2D eigenvalue weighted by molar-refractivity contribution is 6.06. The van der Waals surface area contributed by atoms with Crippen LogP contribution in [0.5, 0.6) is 0 Å². The van der Waals surface area contributed by atoms with Crippen molar-refractivity contribution < 1.29 is 9.59 Å². The molecule has 1 aliphatic heterocycles. The molecule has 6 heteroatoms. The van der Waals surface area contributed by atoms with E-state index in [9.17, 15) is 9.59 Å². The van der Waals surface area contributed by atoms with E-state index < -0.39 is 6.04 Å². The number of nitrogens with zero attached hydrogens (tertiary/aromatic N) is 2. The number of hydrogen-bond donors (Lipinski definition) is 2. The van der Waals surface area contributed by atoms with Gasteiger partial charge < -0.3 is 11.1 Å². The first-order chi connectivity index (χ1) is 7.99. The monoisotopic (exact) mass is 234 g/mol. The Labute approximate surface area is 98.8 Å². The van der Waals surface area contributed by atoms with Crippen LogP contribution in [0.15, 0.2) is 12.3 Å². The highest BCUT2D eigenvalue weighted by atomic mass is 16.2. The first-order valence-electron chi connectivity index (χ1n) is 5.28. The number of imide groups is 1. The third-order valence-corrected chi connectivity index (χ3v) is 2.85. The molecule has 2 heterocycles. The van der Waals surface area contributed by atoms with Gasteiger partial charge in [-0.15, -0.1) is 0 Å². The zero-order chi connectivity index (χ0) is 12.6. The number of aromatic nitrogens is 1. The fourth-order valence-corrected chi connectivity index (χ4v) is 1.69. The zero-order valence-corrected chi connectivity index (χ0v) is 9.73. The number of nitrogens with two attached hydrogens (primary N) is 1. The number of hydrogen-bond acceptors (Lipinski definition) is 5. The van der Waals surface area contributed by atoms with Crippen molar-refractivity contribution in [1.82, 2.24) is 9.88 Å². The molecule has 3 N–H and O–H groups in total. The van der Waals surface area contributed by atoms with Gasteiger partial charge in [0.1, 0.15) is 11.9 Å². The maximum Gasteiger partial charge on any atom is 0.251 e. The van der Waals surface area contributed by atoms with Crippen LogP contribution in [0.4, 0.5) is 11.5 Å². The lowest BCUT2D eigenvalue weighted by Gasteiger charge is -2.12. The quantitative estimate of drug-likeness (QED) is 0.711. The minimum atomic E-state index is -0.525. The van der Waals surface area contributed by atoms with Gasteiger partial charge in [-0.1, -0.05) is 0 Å². The smallest absolute Gasteiger partial charge is 0.251 e. The highest BCUT2D eigenvalue weighted by Crippen LogP contribution is 2.18. The van der Waals surface area contributed by atoms with Gasteiger partial charge in [0.05, 0.1) is 18.3 Å². The van der Waals surface area contributed by atoms with Crippen molar-refractivity contribution in [1.29, 1.82) is 0 Å². The van der Waals surface area contributed by atoms with Gasteiger partial charge in [0.15, 0.2) is 0 Å². The Balaban J connectivity index is 2.14. The molecule has 1 saturated heterocycles. The van der Waals surface area contributed by atoms with Crippen molar-refractivity contribution in [2.24, 2.45) is 0 Å². The van der Waals surface area contributed by atoms with E-state index in [0.29, 0.717) is 11.5 Å². The van der Waals surface area contributed by atoms with Gasteiger partial charge in [-0.05, 0) is 18.6 Å². The third kappa shape index (κ3) is 2.06. The van der Waals surface area contributed by atoms with Gasteiger partial charge in [-0.2, -0.15) is 0 Å². The van der Waals surface area contributed by atoms with E-state index in [-0.39, 0.29) is 18.2 Å². The third-order valence-electron chi connectivity index (χ3n) is 2.85. The number of amides is 2. The van der Waals surface area contributed by atoms with Crippen molar-refractivity contribution in [2.45, 2.75) is 19.4 Å². The molecule has 1 atom stereocenters. The summed E-state index contributed by atoms with van der Waals surface area (Å²) in [5.41, 5.74) is 7.13. The number of likely N-dealkylation sites (tertiary alicyclic amines) is 1. The van der Waals surface area contributed by atoms with Crippen LogP contribution in [0, 0.1) is 6.92 Å². The molecular weight excluding hydrogens is 220 g/mol. The number of aryl methyl sites for hydroxylation is 1. The van der Waals surface area contributed by atoms with Crippen molar-refractivity contribution in [2.75, 3.05) is 18.1 Å². The largest absolute Gasteiger partial charge is 0.397 e. The van der Waals surface area contributed by atoms with E-state index in [2.05, 4.69) is 10.3 Å². The second-order valence-electron chi connectivity index (χ2n) is 4.12. The van der Waals surface area contributed by atoms with Crippen molar-refractivity contribution in [3.63, 3.8) is 0 Å². The molecule has 1 fully saturated rings. The predicted octanol–water partition coefficient (Wildman–Crippen LogP) is 0.141. The summed E-state index contributed by atoms with van der Waals surface area (Å²) in [5.74, 6) is 0.143. The first kappa shape index (κ1) is 11.4. The summed E-state index contributed by atoms with van der Waals surface area (Å²) >= 11 is 0. The average molecular weight is 234 g/mol. The SMILES string of the molecule is Cc1cc(NC2CC(=O)N(C)C2=O)ncc1N. The lowest BCUT2D eigenvalue weighted by molar-refractivity contribution is -0.136. The molecule has 1 aromatic heterocycles. The van der Waals surface area contributed by atoms with Crippen LogP contribution in [0.25, 0.3) is 0 Å². The average Bonchev–Trinajstić information content (AvgIpc) is 2.52. The van der Waals surface area contributed by atoms with Crippen LogP contribution in [0.1, 0.15) is 12.0 Å². The lowest BCUT2D eigenvalue weighted by Crippen LogP contribution is -2.32. The topological polar surface area (TPSA) is 88.3 Å². The van der Waals surface area contributed by atoms with E-state index in [1.807, 2.05) is 6.92 Å². The molecule has 0 bridgehead atoms. The van der Waals surface area contributed by atoms with Gasteiger partial charge in [0.2, 0.25) is 5.91 Å². The lowest BCUT2D eigenvalue weighted by atomic mass is 10.2. The maximum absolute atomic E-state index is 11.7. The molecular formula is C11H14N4O2. The van der Waals surface area contributed by atoms with Gasteiger partial charge >= 0.3 is 0 Å². The second-order valence-corrected chi connectivity index (χ2v) is 4.12. The van der Waals surface area contributed by atoms with E-state index >= 15 is 0 Å². The molecule has 1 unspecified atom stereocenters. The minimum Gasteiger partial charge on any atom is -0.397 e. The van der Waals surface area contributed by atoms with Gasteiger partial charge in [0, 0.05) is 7.05 Å². The van der Waals surface area contributed by atoms with Crippen LogP contribution in [0.2, 0.25) is 0 Å². The van der Waals surface area contributed by atoms with E-state index in [1.54, 1.807) is 6.07 Å². The number of nitrogen functional groups attached to an aromatic ring is 1. The molecule has 1 aromatic rings. The molecule has 0 aromatic carbocycles.